The van der Waals surface area contributed by atoms with Crippen molar-refractivity contribution in [3.8, 4) is 0 Å². The molecule has 0 bridgehead atoms. The summed E-state index contributed by atoms with van der Waals surface area (Å²) in [5.74, 6) is -1.77. The number of rotatable bonds is 6. The fourth-order valence-electron chi connectivity index (χ4n) is 0.879. The number of hydrogen-bond donors (Lipinski definition) is 3. The number of nitrogens with two attached hydrogens (primary N) is 1. The second-order valence-corrected chi connectivity index (χ2v) is 2.94. The van der Waals surface area contributed by atoms with Gasteiger partial charge >= 0.3 is 0 Å². The lowest BCUT2D eigenvalue weighted by Gasteiger charge is -2.04. The lowest BCUT2D eigenvalue weighted by molar-refractivity contribution is -0.137. The molecule has 0 unspecified atom stereocenters. The maximum Gasteiger partial charge on any atom is 0.287 e. The van der Waals surface area contributed by atoms with E-state index in [4.69, 9.17) is 10.2 Å². The van der Waals surface area contributed by atoms with Gasteiger partial charge in [0.1, 0.15) is 0 Å². The average molecular weight is 241 g/mol. The summed E-state index contributed by atoms with van der Waals surface area (Å²) < 4.78 is 4.80. The van der Waals surface area contributed by atoms with Crippen molar-refractivity contribution in [3.05, 3.63) is 24.2 Å². The Bertz CT molecular complexity index is 401. The molecule has 0 aliphatic heterocycles. The van der Waals surface area contributed by atoms with Gasteiger partial charge in [-0.15, -0.1) is 0 Å². The number of amides is 3. The molecule has 0 saturated carbocycles. The van der Waals surface area contributed by atoms with E-state index in [2.05, 4.69) is 10.2 Å². The first kappa shape index (κ1) is 12.7. The third-order valence-electron chi connectivity index (χ3n) is 1.55. The summed E-state index contributed by atoms with van der Waals surface area (Å²) in [4.78, 5) is 37.1. The molecule has 0 aromatic carbocycles. The lowest BCUT2D eigenvalue weighted by Crippen LogP contribution is -2.38. The van der Waals surface area contributed by atoms with E-state index in [1.165, 1.54) is 12.3 Å². The van der Waals surface area contributed by atoms with Gasteiger partial charge in [-0.3, -0.25) is 19.2 Å². The van der Waals surface area contributed by atoms with Crippen molar-refractivity contribution in [2.75, 3.05) is 13.2 Å². The van der Waals surface area contributed by atoms with Crippen molar-refractivity contribution >= 4 is 17.7 Å². The van der Waals surface area contributed by atoms with Crippen LogP contribution in [0.3, 0.4) is 0 Å². The Labute approximate surface area is 96.0 Å². The Hall–Kier alpha value is -2.35. The van der Waals surface area contributed by atoms with Gasteiger partial charge in [0.25, 0.3) is 11.8 Å². The van der Waals surface area contributed by atoms with E-state index in [-0.39, 0.29) is 12.3 Å². The van der Waals surface area contributed by atoms with Gasteiger partial charge in [0.05, 0.1) is 12.8 Å². The summed E-state index contributed by atoms with van der Waals surface area (Å²) in [6.45, 7) is -0.740. The van der Waals surface area contributed by atoms with Gasteiger partial charge in [-0.25, -0.2) is 5.48 Å². The number of hydrogen-bond acceptors (Lipinski definition) is 5. The molecule has 0 saturated heterocycles. The van der Waals surface area contributed by atoms with Crippen LogP contribution in [-0.4, -0.2) is 30.9 Å². The quantitative estimate of drug-likeness (QED) is 0.525. The molecule has 8 nitrogen and oxygen atoms in total. The highest BCUT2D eigenvalue weighted by atomic mass is 16.7. The topological polar surface area (TPSA) is 124 Å². The number of carbonyl (C=O) groups is 3. The van der Waals surface area contributed by atoms with Crippen LogP contribution in [0.4, 0.5) is 0 Å². The third kappa shape index (κ3) is 4.80. The highest BCUT2D eigenvalue weighted by Gasteiger charge is 2.10. The van der Waals surface area contributed by atoms with Gasteiger partial charge in [-0.1, -0.05) is 0 Å². The molecule has 0 spiro atoms. The molecule has 1 aromatic heterocycles. The molecule has 92 valence electrons. The minimum Gasteiger partial charge on any atom is -0.459 e. The van der Waals surface area contributed by atoms with Crippen LogP contribution in [0.5, 0.6) is 0 Å². The largest absolute Gasteiger partial charge is 0.459 e. The van der Waals surface area contributed by atoms with Crippen molar-refractivity contribution in [1.82, 2.24) is 10.8 Å². The first-order valence-electron chi connectivity index (χ1n) is 4.60. The predicted molar refractivity (Wildman–Crippen MR) is 54.3 cm³/mol. The van der Waals surface area contributed by atoms with E-state index >= 15 is 0 Å². The minimum absolute atomic E-state index is 0.0934. The first-order valence-corrected chi connectivity index (χ1v) is 4.60. The van der Waals surface area contributed by atoms with E-state index < -0.39 is 24.3 Å². The van der Waals surface area contributed by atoms with Crippen molar-refractivity contribution in [3.63, 3.8) is 0 Å². The number of furan rings is 1. The van der Waals surface area contributed by atoms with Crippen LogP contribution in [0.15, 0.2) is 22.8 Å². The Balaban J connectivity index is 2.20. The summed E-state index contributed by atoms with van der Waals surface area (Å²) in [6, 6.07) is 3.00. The van der Waals surface area contributed by atoms with E-state index in [1.807, 2.05) is 5.48 Å². The van der Waals surface area contributed by atoms with Crippen LogP contribution < -0.4 is 16.5 Å². The zero-order valence-corrected chi connectivity index (χ0v) is 8.76. The highest BCUT2D eigenvalue weighted by molar-refractivity contribution is 5.94. The molecule has 3 amide bonds. The number of carbonyl (C=O) groups excluding carboxylic acids is 3. The third-order valence-corrected chi connectivity index (χ3v) is 1.55. The van der Waals surface area contributed by atoms with Crippen LogP contribution >= 0.6 is 0 Å². The van der Waals surface area contributed by atoms with Crippen LogP contribution in [0.1, 0.15) is 10.6 Å². The molecule has 0 atom stereocenters. The number of nitrogens with one attached hydrogen (secondary N) is 2. The molecule has 1 rings (SSSR count). The SMILES string of the molecule is NC(=O)CONC(=O)CNC(=O)c1ccco1. The van der Waals surface area contributed by atoms with E-state index in [1.54, 1.807) is 6.07 Å². The van der Waals surface area contributed by atoms with Gasteiger partial charge in [0.2, 0.25) is 5.91 Å². The van der Waals surface area contributed by atoms with E-state index in [0.29, 0.717) is 0 Å². The molecule has 1 aromatic rings. The zero-order valence-electron chi connectivity index (χ0n) is 8.76. The van der Waals surface area contributed by atoms with Crippen molar-refractivity contribution in [2.45, 2.75) is 0 Å². The normalized spacial score (nSPS) is 9.65. The van der Waals surface area contributed by atoms with Crippen LogP contribution in [0, 0.1) is 0 Å². The fourth-order valence-corrected chi connectivity index (χ4v) is 0.879. The smallest absolute Gasteiger partial charge is 0.287 e. The van der Waals surface area contributed by atoms with Gasteiger partial charge in [-0.05, 0) is 12.1 Å². The maximum absolute atomic E-state index is 11.3. The fraction of sp³-hybridized carbons (Fsp3) is 0.222. The summed E-state index contributed by atoms with van der Waals surface area (Å²) in [7, 11) is 0. The van der Waals surface area contributed by atoms with Crippen LogP contribution in [0.2, 0.25) is 0 Å². The molecule has 0 aliphatic rings. The summed E-state index contributed by atoms with van der Waals surface area (Å²) in [5.41, 5.74) is 6.70. The van der Waals surface area contributed by atoms with Gasteiger partial charge in [0.15, 0.2) is 12.4 Å². The average Bonchev–Trinajstić information content (AvgIpc) is 2.78. The highest BCUT2D eigenvalue weighted by Crippen LogP contribution is 1.98. The molecular weight excluding hydrogens is 230 g/mol. The Morgan fingerprint density at radius 3 is 2.76 bits per heavy atom. The minimum atomic E-state index is -0.718. The second-order valence-electron chi connectivity index (χ2n) is 2.94. The lowest BCUT2D eigenvalue weighted by atomic mass is 10.4. The molecule has 0 fully saturated rings. The monoisotopic (exact) mass is 241 g/mol. The van der Waals surface area contributed by atoms with Gasteiger partial charge < -0.3 is 15.5 Å². The molecular formula is C9H11N3O5. The molecule has 4 N–H and O–H groups in total. The maximum atomic E-state index is 11.3. The predicted octanol–water partition coefficient (Wildman–Crippen LogP) is -1.46. The first-order chi connectivity index (χ1) is 8.09. The Kier molecular flexibility index (Phi) is 4.70. The number of primary amides is 1. The number of hydroxylamine groups is 1. The van der Waals surface area contributed by atoms with Crippen LogP contribution in [-0.2, 0) is 14.4 Å². The standard InChI is InChI=1S/C9H11N3O5/c10-7(13)5-17-12-8(14)4-11-9(15)6-2-1-3-16-6/h1-3H,4-5H2,(H2,10,13)(H,11,15)(H,12,14). The zero-order chi connectivity index (χ0) is 12.7. The van der Waals surface area contributed by atoms with E-state index in [9.17, 15) is 14.4 Å². The Morgan fingerprint density at radius 2 is 2.18 bits per heavy atom. The van der Waals surface area contributed by atoms with Crippen LogP contribution in [0.25, 0.3) is 0 Å². The van der Waals surface area contributed by atoms with Crippen molar-refractivity contribution in [1.29, 1.82) is 0 Å². The molecule has 0 radical (unpaired) electrons. The summed E-state index contributed by atoms with van der Waals surface area (Å²) >= 11 is 0. The Morgan fingerprint density at radius 1 is 1.41 bits per heavy atom. The molecule has 8 heteroatoms. The molecule has 17 heavy (non-hydrogen) atoms. The van der Waals surface area contributed by atoms with Crippen molar-refractivity contribution in [2.24, 2.45) is 5.73 Å². The summed E-state index contributed by atoms with van der Waals surface area (Å²) in [6.07, 6.45) is 1.34. The van der Waals surface area contributed by atoms with Gasteiger partial charge in [0, 0.05) is 0 Å². The van der Waals surface area contributed by atoms with Crippen molar-refractivity contribution < 1.29 is 23.6 Å². The molecule has 1 heterocycles. The van der Waals surface area contributed by atoms with Gasteiger partial charge in [-0.2, -0.15) is 0 Å². The molecule has 0 aliphatic carbocycles. The summed E-state index contributed by atoms with van der Waals surface area (Å²) in [5, 5.41) is 2.28. The second kappa shape index (κ2) is 6.28. The van der Waals surface area contributed by atoms with E-state index in [0.717, 1.165) is 0 Å².